The second-order valence-corrected chi connectivity index (χ2v) is 16.7. The first-order chi connectivity index (χ1) is 29.8. The summed E-state index contributed by atoms with van der Waals surface area (Å²) >= 11 is 1.86. The van der Waals surface area contributed by atoms with Crippen LogP contribution in [0.5, 0.6) is 0 Å². The molecule has 60 heavy (non-hydrogen) atoms. The van der Waals surface area contributed by atoms with Gasteiger partial charge in [0, 0.05) is 48.3 Å². The van der Waals surface area contributed by atoms with Gasteiger partial charge in [0.15, 0.2) is 0 Å². The molecule has 0 fully saturated rings. The lowest BCUT2D eigenvalue weighted by Crippen LogP contribution is -2.11. The first kappa shape index (κ1) is 33.3. The van der Waals surface area contributed by atoms with Crippen molar-refractivity contribution in [3.05, 3.63) is 206 Å². The van der Waals surface area contributed by atoms with Crippen molar-refractivity contribution in [1.82, 2.24) is 4.57 Å². The normalized spacial score (nSPS) is 12.0. The molecule has 0 spiro atoms. The van der Waals surface area contributed by atoms with E-state index in [0.29, 0.717) is 0 Å². The van der Waals surface area contributed by atoms with E-state index < -0.39 is 0 Å². The molecule has 0 aliphatic carbocycles. The minimum Gasteiger partial charge on any atom is -0.455 e. The fourth-order valence-electron chi connectivity index (χ4n) is 9.75. The molecule has 0 N–H and O–H groups in total. The van der Waals surface area contributed by atoms with Gasteiger partial charge in [0.05, 0.1) is 38.2 Å². The SMILES string of the molecule is c1cc(-c2ccc(N(c3cc4ccccc4c4ccccc34)c3cccc4c3sc3ccccc34)c3c2oc2ccccc23)cc(-n2c3ccccc3c3ccccc32)c1. The van der Waals surface area contributed by atoms with Gasteiger partial charge in [0.25, 0.3) is 0 Å². The maximum atomic E-state index is 7.03. The van der Waals surface area contributed by atoms with Gasteiger partial charge in [0.2, 0.25) is 0 Å². The zero-order chi connectivity index (χ0) is 39.3. The molecule has 3 aromatic heterocycles. The van der Waals surface area contributed by atoms with E-state index in [9.17, 15) is 0 Å². The Balaban J connectivity index is 1.11. The summed E-state index contributed by atoms with van der Waals surface area (Å²) in [4.78, 5) is 2.51. The van der Waals surface area contributed by atoms with E-state index in [4.69, 9.17) is 4.42 Å². The third kappa shape index (κ3) is 4.83. The summed E-state index contributed by atoms with van der Waals surface area (Å²) in [7, 11) is 0. The number of benzene rings is 10. The fraction of sp³-hybridized carbons (Fsp3) is 0. The molecule has 3 heterocycles. The highest BCUT2D eigenvalue weighted by Crippen LogP contribution is 2.51. The molecule has 3 nitrogen and oxygen atoms in total. The number of thiophene rings is 1. The molecule has 280 valence electrons. The zero-order valence-electron chi connectivity index (χ0n) is 32.3. The molecular formula is C56H34N2OS. The average Bonchev–Trinajstić information content (AvgIpc) is 4.00. The number of fused-ring (bicyclic) bond motifs is 12. The van der Waals surface area contributed by atoms with Crippen molar-refractivity contribution in [2.24, 2.45) is 0 Å². The van der Waals surface area contributed by atoms with Crippen LogP contribution < -0.4 is 4.90 Å². The van der Waals surface area contributed by atoms with Crippen LogP contribution >= 0.6 is 11.3 Å². The lowest BCUT2D eigenvalue weighted by Gasteiger charge is -2.29. The van der Waals surface area contributed by atoms with Crippen LogP contribution in [0.25, 0.3) is 102 Å². The molecular weight excluding hydrogens is 749 g/mol. The molecule has 13 aromatic rings. The van der Waals surface area contributed by atoms with Crippen molar-refractivity contribution in [1.29, 1.82) is 0 Å². The molecule has 0 bridgehead atoms. The Hall–Kier alpha value is -7.66. The average molecular weight is 783 g/mol. The maximum absolute atomic E-state index is 7.03. The summed E-state index contributed by atoms with van der Waals surface area (Å²) in [6, 6.07) is 74.9. The van der Waals surface area contributed by atoms with E-state index in [1.807, 2.05) is 11.3 Å². The Kier molecular flexibility index (Phi) is 7.18. The van der Waals surface area contributed by atoms with Gasteiger partial charge < -0.3 is 13.9 Å². The van der Waals surface area contributed by atoms with Crippen molar-refractivity contribution in [2.75, 3.05) is 4.90 Å². The quantitative estimate of drug-likeness (QED) is 0.162. The van der Waals surface area contributed by atoms with Crippen molar-refractivity contribution in [2.45, 2.75) is 0 Å². The van der Waals surface area contributed by atoms with Gasteiger partial charge in [-0.3, -0.25) is 0 Å². The number of furan rings is 1. The molecule has 10 aromatic carbocycles. The summed E-state index contributed by atoms with van der Waals surface area (Å²) in [5.74, 6) is 0. The standard InChI is InChI=1S/C56H34N2OS/c1-2-18-38-36(15-1)34-51(41-20-4-3-19-40(38)41)58(50-28-14-25-45-44-23-8-12-30-53(44)60-56(45)50)49-32-31-39(55-54(49)46-24-7-11-29-52(46)59-55)35-16-13-17-37(33-35)57-47-26-9-5-21-42(47)43-22-6-10-27-48(43)57/h1-34H. The van der Waals surface area contributed by atoms with E-state index in [2.05, 4.69) is 216 Å². The third-order valence-electron chi connectivity index (χ3n) is 12.4. The van der Waals surface area contributed by atoms with Crippen LogP contribution in [-0.2, 0) is 0 Å². The Bertz CT molecular complexity index is 3810. The predicted molar refractivity (Wildman–Crippen MR) is 256 cm³/mol. The summed E-state index contributed by atoms with van der Waals surface area (Å²) in [5.41, 5.74) is 10.7. The number of anilines is 3. The van der Waals surface area contributed by atoms with E-state index in [1.165, 1.54) is 63.5 Å². The summed E-state index contributed by atoms with van der Waals surface area (Å²) in [5, 5.41) is 12.1. The topological polar surface area (TPSA) is 21.3 Å². The molecule has 0 amide bonds. The Labute approximate surface area is 349 Å². The van der Waals surface area contributed by atoms with Gasteiger partial charge in [-0.05, 0) is 82.4 Å². The summed E-state index contributed by atoms with van der Waals surface area (Å²) < 4.78 is 11.9. The second-order valence-electron chi connectivity index (χ2n) is 15.6. The van der Waals surface area contributed by atoms with Crippen LogP contribution in [0.4, 0.5) is 17.1 Å². The van der Waals surface area contributed by atoms with E-state index >= 15 is 0 Å². The Morgan fingerprint density at radius 2 is 1.05 bits per heavy atom. The second kappa shape index (κ2) is 12.9. The molecule has 0 atom stereocenters. The van der Waals surface area contributed by atoms with Crippen LogP contribution in [0.15, 0.2) is 211 Å². The van der Waals surface area contributed by atoms with Gasteiger partial charge in [-0.25, -0.2) is 0 Å². The van der Waals surface area contributed by atoms with Crippen LogP contribution in [0.2, 0.25) is 0 Å². The Morgan fingerprint density at radius 1 is 0.417 bits per heavy atom. The van der Waals surface area contributed by atoms with Crippen LogP contribution in [0, 0.1) is 0 Å². The van der Waals surface area contributed by atoms with Gasteiger partial charge in [-0.15, -0.1) is 11.3 Å². The predicted octanol–water partition coefficient (Wildman–Crippen LogP) is 16.5. The van der Waals surface area contributed by atoms with Crippen molar-refractivity contribution in [3.63, 3.8) is 0 Å². The summed E-state index contributed by atoms with van der Waals surface area (Å²) in [6.07, 6.45) is 0. The van der Waals surface area contributed by atoms with Crippen LogP contribution in [0.1, 0.15) is 0 Å². The maximum Gasteiger partial charge on any atom is 0.145 e. The largest absolute Gasteiger partial charge is 0.455 e. The monoisotopic (exact) mass is 782 g/mol. The zero-order valence-corrected chi connectivity index (χ0v) is 33.2. The molecule has 0 saturated carbocycles. The number of hydrogen-bond acceptors (Lipinski definition) is 3. The summed E-state index contributed by atoms with van der Waals surface area (Å²) in [6.45, 7) is 0. The molecule has 0 aliphatic rings. The van der Waals surface area contributed by atoms with Crippen LogP contribution in [0.3, 0.4) is 0 Å². The number of para-hydroxylation sites is 3. The third-order valence-corrected chi connectivity index (χ3v) is 13.6. The van der Waals surface area contributed by atoms with E-state index in [0.717, 1.165) is 55.8 Å². The van der Waals surface area contributed by atoms with Gasteiger partial charge in [-0.1, -0.05) is 146 Å². The minimum atomic E-state index is 0.864. The lowest BCUT2D eigenvalue weighted by molar-refractivity contribution is 0.670. The molecule has 4 heteroatoms. The van der Waals surface area contributed by atoms with Gasteiger partial charge >= 0.3 is 0 Å². The highest BCUT2D eigenvalue weighted by Gasteiger charge is 2.26. The number of nitrogens with zero attached hydrogens (tertiary/aromatic N) is 2. The minimum absolute atomic E-state index is 0.864. The van der Waals surface area contributed by atoms with Crippen molar-refractivity contribution >= 4 is 114 Å². The van der Waals surface area contributed by atoms with E-state index in [1.54, 1.807) is 0 Å². The highest BCUT2D eigenvalue weighted by molar-refractivity contribution is 7.26. The molecule has 0 radical (unpaired) electrons. The smallest absolute Gasteiger partial charge is 0.145 e. The number of hydrogen-bond donors (Lipinski definition) is 0. The number of rotatable bonds is 5. The van der Waals surface area contributed by atoms with Gasteiger partial charge in [0.1, 0.15) is 11.2 Å². The van der Waals surface area contributed by atoms with E-state index in [-0.39, 0.29) is 0 Å². The highest BCUT2D eigenvalue weighted by atomic mass is 32.1. The van der Waals surface area contributed by atoms with Crippen molar-refractivity contribution in [3.8, 4) is 16.8 Å². The molecule has 0 unspecified atom stereocenters. The molecule has 0 saturated heterocycles. The first-order valence-corrected chi connectivity index (χ1v) is 21.2. The van der Waals surface area contributed by atoms with Gasteiger partial charge in [-0.2, -0.15) is 0 Å². The molecule has 13 rings (SSSR count). The fourth-order valence-corrected chi connectivity index (χ4v) is 11.0. The van der Waals surface area contributed by atoms with Crippen molar-refractivity contribution < 1.29 is 4.42 Å². The molecule has 0 aliphatic heterocycles. The van der Waals surface area contributed by atoms with Crippen LogP contribution in [-0.4, -0.2) is 4.57 Å². The Morgan fingerprint density at radius 3 is 1.87 bits per heavy atom. The first-order valence-electron chi connectivity index (χ1n) is 20.4. The lowest BCUT2D eigenvalue weighted by atomic mass is 9.97. The number of aromatic nitrogens is 1.